The summed E-state index contributed by atoms with van der Waals surface area (Å²) in [5.41, 5.74) is 7.48. The Morgan fingerprint density at radius 3 is 2.89 bits per heavy atom. The standard InChI is InChI=1S/C13H14N4O/c1-8-3-2-4-11(15-8)12-16-13(18-17-12)9-5-6-10(14)7-9/h2-6,9-10H,7,14H2,1H3. The van der Waals surface area contributed by atoms with Crippen molar-refractivity contribution >= 4 is 0 Å². The third kappa shape index (κ3) is 2.04. The molecule has 92 valence electrons. The average Bonchev–Trinajstić information content (AvgIpc) is 2.97. The monoisotopic (exact) mass is 242 g/mol. The summed E-state index contributed by atoms with van der Waals surface area (Å²) in [5, 5.41) is 3.97. The summed E-state index contributed by atoms with van der Waals surface area (Å²) in [4.78, 5) is 8.76. The second-order valence-corrected chi connectivity index (χ2v) is 4.51. The minimum Gasteiger partial charge on any atom is -0.338 e. The lowest BCUT2D eigenvalue weighted by Crippen LogP contribution is -2.14. The lowest BCUT2D eigenvalue weighted by molar-refractivity contribution is 0.364. The molecule has 0 amide bonds. The molecule has 5 heteroatoms. The Kier molecular flexibility index (Phi) is 2.68. The minimum atomic E-state index is 0.0856. The molecule has 1 aliphatic rings. The molecule has 3 rings (SSSR count). The topological polar surface area (TPSA) is 77.8 Å². The zero-order chi connectivity index (χ0) is 12.5. The van der Waals surface area contributed by atoms with E-state index in [4.69, 9.17) is 10.3 Å². The first-order valence-corrected chi connectivity index (χ1v) is 5.94. The van der Waals surface area contributed by atoms with Gasteiger partial charge in [-0.25, -0.2) is 4.98 Å². The van der Waals surface area contributed by atoms with Crippen LogP contribution in [-0.4, -0.2) is 21.2 Å². The van der Waals surface area contributed by atoms with Crippen LogP contribution < -0.4 is 5.73 Å². The molecule has 2 N–H and O–H groups in total. The number of hydrogen-bond donors (Lipinski definition) is 1. The molecule has 2 unspecified atom stereocenters. The van der Waals surface area contributed by atoms with Gasteiger partial charge in [-0.1, -0.05) is 23.4 Å². The molecule has 0 aliphatic heterocycles. The summed E-state index contributed by atoms with van der Waals surface area (Å²) in [5.74, 6) is 1.27. The Morgan fingerprint density at radius 2 is 2.17 bits per heavy atom. The molecule has 0 saturated heterocycles. The van der Waals surface area contributed by atoms with Gasteiger partial charge in [0.15, 0.2) is 0 Å². The van der Waals surface area contributed by atoms with Crippen molar-refractivity contribution in [3.8, 4) is 11.5 Å². The molecular weight excluding hydrogens is 228 g/mol. The van der Waals surface area contributed by atoms with Crippen LogP contribution in [0.25, 0.3) is 11.5 Å². The van der Waals surface area contributed by atoms with E-state index in [0.717, 1.165) is 17.8 Å². The SMILES string of the molecule is Cc1cccc(-c2noc(C3C=CC(N)C3)n2)n1. The van der Waals surface area contributed by atoms with Crippen LogP contribution in [0.4, 0.5) is 0 Å². The Hall–Kier alpha value is -2.01. The van der Waals surface area contributed by atoms with Gasteiger partial charge >= 0.3 is 0 Å². The van der Waals surface area contributed by atoms with E-state index < -0.39 is 0 Å². The maximum atomic E-state index is 5.81. The lowest BCUT2D eigenvalue weighted by atomic mass is 10.1. The molecule has 0 spiro atoms. The second kappa shape index (κ2) is 4.34. The number of hydrogen-bond acceptors (Lipinski definition) is 5. The molecule has 18 heavy (non-hydrogen) atoms. The molecule has 2 aromatic rings. The van der Waals surface area contributed by atoms with E-state index in [1.165, 1.54) is 0 Å². The fourth-order valence-electron chi connectivity index (χ4n) is 2.07. The third-order valence-corrected chi connectivity index (χ3v) is 2.99. The largest absolute Gasteiger partial charge is 0.338 e. The zero-order valence-corrected chi connectivity index (χ0v) is 10.1. The summed E-state index contributed by atoms with van der Waals surface area (Å²) in [6.07, 6.45) is 4.81. The van der Waals surface area contributed by atoms with Gasteiger partial charge in [0.2, 0.25) is 11.7 Å². The Morgan fingerprint density at radius 1 is 1.28 bits per heavy atom. The number of aryl methyl sites for hydroxylation is 1. The molecule has 2 aromatic heterocycles. The van der Waals surface area contributed by atoms with Crippen molar-refractivity contribution in [3.63, 3.8) is 0 Å². The fraction of sp³-hybridized carbons (Fsp3) is 0.308. The second-order valence-electron chi connectivity index (χ2n) is 4.51. The van der Waals surface area contributed by atoms with Crippen LogP contribution in [0.1, 0.15) is 23.9 Å². The predicted molar refractivity (Wildman–Crippen MR) is 66.7 cm³/mol. The number of rotatable bonds is 2. The summed E-state index contributed by atoms with van der Waals surface area (Å²) < 4.78 is 5.28. The van der Waals surface area contributed by atoms with Crippen LogP contribution in [0.3, 0.4) is 0 Å². The van der Waals surface area contributed by atoms with Gasteiger partial charge in [-0.05, 0) is 25.5 Å². The van der Waals surface area contributed by atoms with E-state index >= 15 is 0 Å². The van der Waals surface area contributed by atoms with E-state index in [9.17, 15) is 0 Å². The normalized spacial score (nSPS) is 22.6. The van der Waals surface area contributed by atoms with Crippen LogP contribution in [-0.2, 0) is 0 Å². The molecule has 0 radical (unpaired) electrons. The number of allylic oxidation sites excluding steroid dienone is 1. The quantitative estimate of drug-likeness (QED) is 0.812. The first kappa shape index (κ1) is 11.1. The molecule has 0 aromatic carbocycles. The van der Waals surface area contributed by atoms with Crippen molar-refractivity contribution in [2.45, 2.75) is 25.3 Å². The molecule has 2 atom stereocenters. The summed E-state index contributed by atoms with van der Waals surface area (Å²) >= 11 is 0. The van der Waals surface area contributed by atoms with Gasteiger partial charge < -0.3 is 10.3 Å². The van der Waals surface area contributed by atoms with Crippen molar-refractivity contribution in [2.75, 3.05) is 0 Å². The molecule has 0 fully saturated rings. The van der Waals surface area contributed by atoms with Crippen molar-refractivity contribution in [1.82, 2.24) is 15.1 Å². The summed E-state index contributed by atoms with van der Waals surface area (Å²) in [6, 6.07) is 5.82. The van der Waals surface area contributed by atoms with Gasteiger partial charge in [0, 0.05) is 11.7 Å². The number of pyridine rings is 1. The van der Waals surface area contributed by atoms with E-state index in [-0.39, 0.29) is 12.0 Å². The van der Waals surface area contributed by atoms with Crippen LogP contribution >= 0.6 is 0 Å². The van der Waals surface area contributed by atoms with E-state index in [1.807, 2.05) is 37.3 Å². The predicted octanol–water partition coefficient (Wildman–Crippen LogP) is 1.81. The van der Waals surface area contributed by atoms with Crippen LogP contribution in [0, 0.1) is 6.92 Å². The Labute approximate surface area is 105 Å². The van der Waals surface area contributed by atoms with Crippen LogP contribution in [0.5, 0.6) is 0 Å². The van der Waals surface area contributed by atoms with Gasteiger partial charge in [-0.2, -0.15) is 4.98 Å². The lowest BCUT2D eigenvalue weighted by Gasteiger charge is -2.01. The Bertz CT molecular complexity index is 590. The maximum Gasteiger partial charge on any atom is 0.234 e. The highest BCUT2D eigenvalue weighted by Crippen LogP contribution is 2.27. The van der Waals surface area contributed by atoms with Crippen LogP contribution in [0.15, 0.2) is 34.9 Å². The first-order chi connectivity index (χ1) is 8.72. The summed E-state index contributed by atoms with van der Waals surface area (Å²) in [7, 11) is 0. The van der Waals surface area contributed by atoms with Crippen molar-refractivity contribution in [1.29, 1.82) is 0 Å². The van der Waals surface area contributed by atoms with Gasteiger partial charge in [0.05, 0.1) is 5.92 Å². The van der Waals surface area contributed by atoms with Gasteiger partial charge in [0.25, 0.3) is 0 Å². The molecular formula is C13H14N4O. The van der Waals surface area contributed by atoms with E-state index in [1.54, 1.807) is 0 Å². The smallest absolute Gasteiger partial charge is 0.234 e. The molecule has 0 saturated carbocycles. The van der Waals surface area contributed by atoms with Crippen molar-refractivity contribution in [2.24, 2.45) is 5.73 Å². The number of aromatic nitrogens is 3. The minimum absolute atomic E-state index is 0.0856. The van der Waals surface area contributed by atoms with Gasteiger partial charge in [-0.3, -0.25) is 0 Å². The fourth-order valence-corrected chi connectivity index (χ4v) is 2.07. The molecule has 0 bridgehead atoms. The third-order valence-electron chi connectivity index (χ3n) is 2.99. The van der Waals surface area contributed by atoms with E-state index in [0.29, 0.717) is 11.7 Å². The first-order valence-electron chi connectivity index (χ1n) is 5.94. The highest BCUT2D eigenvalue weighted by molar-refractivity contribution is 5.48. The molecule has 5 nitrogen and oxygen atoms in total. The average molecular weight is 242 g/mol. The van der Waals surface area contributed by atoms with Gasteiger partial charge in [-0.15, -0.1) is 0 Å². The Balaban J connectivity index is 1.88. The number of nitrogens with two attached hydrogens (primary N) is 1. The van der Waals surface area contributed by atoms with Crippen LogP contribution in [0.2, 0.25) is 0 Å². The molecule has 1 aliphatic carbocycles. The van der Waals surface area contributed by atoms with E-state index in [2.05, 4.69) is 15.1 Å². The highest BCUT2D eigenvalue weighted by atomic mass is 16.5. The van der Waals surface area contributed by atoms with Crippen molar-refractivity contribution < 1.29 is 4.52 Å². The highest BCUT2D eigenvalue weighted by Gasteiger charge is 2.23. The maximum absolute atomic E-state index is 5.81. The zero-order valence-electron chi connectivity index (χ0n) is 10.1. The summed E-state index contributed by atoms with van der Waals surface area (Å²) in [6.45, 7) is 1.93. The number of nitrogens with zero attached hydrogens (tertiary/aromatic N) is 3. The van der Waals surface area contributed by atoms with Crippen molar-refractivity contribution in [3.05, 3.63) is 41.9 Å². The van der Waals surface area contributed by atoms with Gasteiger partial charge in [0.1, 0.15) is 5.69 Å². The molecule has 2 heterocycles.